The second-order valence-electron chi connectivity index (χ2n) is 4.61. The van der Waals surface area contributed by atoms with Gasteiger partial charge < -0.3 is 4.74 Å². The van der Waals surface area contributed by atoms with Gasteiger partial charge in [0.2, 0.25) is 0 Å². The molecular formula is C15H12ClFN2OS. The average Bonchev–Trinajstić information content (AvgIpc) is 2.95. The lowest BCUT2D eigenvalue weighted by molar-refractivity contribution is 0.415. The van der Waals surface area contributed by atoms with Crippen molar-refractivity contribution in [1.29, 1.82) is 0 Å². The molecule has 0 atom stereocenters. The number of aryl methyl sites for hydroxylation is 1. The smallest absolute Gasteiger partial charge is 0.142 e. The Kier molecular flexibility index (Phi) is 3.78. The van der Waals surface area contributed by atoms with Gasteiger partial charge in [0.1, 0.15) is 17.4 Å². The molecule has 0 aliphatic heterocycles. The molecule has 0 saturated heterocycles. The Morgan fingerprint density at radius 1 is 1.29 bits per heavy atom. The van der Waals surface area contributed by atoms with Gasteiger partial charge in [-0.2, -0.15) is 0 Å². The van der Waals surface area contributed by atoms with Crippen LogP contribution in [0.3, 0.4) is 0 Å². The zero-order valence-electron chi connectivity index (χ0n) is 11.5. The van der Waals surface area contributed by atoms with E-state index in [0.29, 0.717) is 21.5 Å². The van der Waals surface area contributed by atoms with Crippen LogP contribution in [0.2, 0.25) is 5.02 Å². The number of hydrogen-bond acceptors (Lipinski definition) is 4. The SMILES string of the molecule is COc1cc2c(C)cc(-c3nc(CF)cs3)nc2cc1Cl. The van der Waals surface area contributed by atoms with Crippen LogP contribution in [0.5, 0.6) is 5.75 Å². The molecule has 2 heterocycles. The van der Waals surface area contributed by atoms with Crippen molar-refractivity contribution in [2.24, 2.45) is 0 Å². The Morgan fingerprint density at radius 2 is 2.10 bits per heavy atom. The van der Waals surface area contributed by atoms with E-state index in [9.17, 15) is 4.39 Å². The average molecular weight is 323 g/mol. The van der Waals surface area contributed by atoms with E-state index in [-0.39, 0.29) is 0 Å². The van der Waals surface area contributed by atoms with Gasteiger partial charge in [-0.15, -0.1) is 11.3 Å². The second kappa shape index (κ2) is 5.58. The maximum Gasteiger partial charge on any atom is 0.142 e. The standard InChI is InChI=1S/C15H12ClFN2OS/c1-8-3-13(15-18-9(6-17)7-21-15)19-12-5-11(16)14(20-2)4-10(8)12/h3-5,7H,6H2,1-2H3. The molecule has 0 aliphatic rings. The molecule has 3 aromatic rings. The third kappa shape index (κ3) is 2.59. The van der Waals surface area contributed by atoms with Crippen molar-refractivity contribution in [3.63, 3.8) is 0 Å². The fourth-order valence-corrected chi connectivity index (χ4v) is 3.14. The lowest BCUT2D eigenvalue weighted by Gasteiger charge is -2.08. The third-order valence-electron chi connectivity index (χ3n) is 3.20. The predicted molar refractivity (Wildman–Crippen MR) is 84.0 cm³/mol. The summed E-state index contributed by atoms with van der Waals surface area (Å²) in [4.78, 5) is 8.80. The molecule has 0 fully saturated rings. The van der Waals surface area contributed by atoms with Crippen molar-refractivity contribution in [3.8, 4) is 16.5 Å². The van der Waals surface area contributed by atoms with E-state index in [0.717, 1.165) is 22.2 Å². The normalized spacial score (nSPS) is 11.0. The molecule has 0 aliphatic carbocycles. The third-order valence-corrected chi connectivity index (χ3v) is 4.41. The van der Waals surface area contributed by atoms with Gasteiger partial charge in [-0.05, 0) is 30.7 Å². The lowest BCUT2D eigenvalue weighted by atomic mass is 10.1. The number of hydrogen-bond donors (Lipinski definition) is 0. The van der Waals surface area contributed by atoms with E-state index in [1.807, 2.05) is 19.1 Å². The van der Waals surface area contributed by atoms with E-state index in [1.165, 1.54) is 11.3 Å². The molecule has 1 aromatic carbocycles. The minimum Gasteiger partial charge on any atom is -0.495 e. The fraction of sp³-hybridized carbons (Fsp3) is 0.200. The van der Waals surface area contributed by atoms with Crippen LogP contribution in [0, 0.1) is 6.92 Å². The van der Waals surface area contributed by atoms with E-state index in [1.54, 1.807) is 18.6 Å². The summed E-state index contributed by atoms with van der Waals surface area (Å²) in [5, 5.41) is 3.90. The molecule has 3 nitrogen and oxygen atoms in total. The Balaban J connectivity index is 2.18. The van der Waals surface area contributed by atoms with Gasteiger partial charge in [-0.3, -0.25) is 0 Å². The topological polar surface area (TPSA) is 35.0 Å². The number of rotatable bonds is 3. The first kappa shape index (κ1) is 14.2. The van der Waals surface area contributed by atoms with Crippen molar-refractivity contribution in [3.05, 3.63) is 39.9 Å². The molecular weight excluding hydrogens is 311 g/mol. The van der Waals surface area contributed by atoms with E-state index >= 15 is 0 Å². The van der Waals surface area contributed by atoms with Crippen LogP contribution in [0.15, 0.2) is 23.6 Å². The molecule has 21 heavy (non-hydrogen) atoms. The summed E-state index contributed by atoms with van der Waals surface area (Å²) in [5.41, 5.74) is 2.98. The number of pyridine rings is 1. The van der Waals surface area contributed by atoms with Crippen molar-refractivity contribution < 1.29 is 9.13 Å². The van der Waals surface area contributed by atoms with Crippen LogP contribution in [0.25, 0.3) is 21.6 Å². The van der Waals surface area contributed by atoms with Gasteiger partial charge in [0, 0.05) is 10.8 Å². The summed E-state index contributed by atoms with van der Waals surface area (Å²) in [6.45, 7) is 1.43. The number of halogens is 2. The zero-order chi connectivity index (χ0) is 15.0. The van der Waals surface area contributed by atoms with Gasteiger partial charge in [0.05, 0.1) is 29.0 Å². The summed E-state index contributed by atoms with van der Waals surface area (Å²) in [6.07, 6.45) is 0. The monoisotopic (exact) mass is 322 g/mol. The lowest BCUT2D eigenvalue weighted by Crippen LogP contribution is -1.91. The van der Waals surface area contributed by atoms with Crippen LogP contribution in [0.4, 0.5) is 4.39 Å². The summed E-state index contributed by atoms with van der Waals surface area (Å²) in [7, 11) is 1.58. The highest BCUT2D eigenvalue weighted by Crippen LogP contribution is 2.33. The number of aromatic nitrogens is 2. The summed E-state index contributed by atoms with van der Waals surface area (Å²) in [6, 6.07) is 5.59. The maximum absolute atomic E-state index is 12.6. The molecule has 6 heteroatoms. The molecule has 0 radical (unpaired) electrons. The number of methoxy groups -OCH3 is 1. The summed E-state index contributed by atoms with van der Waals surface area (Å²) < 4.78 is 17.8. The fourth-order valence-electron chi connectivity index (χ4n) is 2.15. The van der Waals surface area contributed by atoms with Crippen molar-refractivity contribution in [2.45, 2.75) is 13.6 Å². The molecule has 0 amide bonds. The molecule has 0 spiro atoms. The highest BCUT2D eigenvalue weighted by Gasteiger charge is 2.11. The highest BCUT2D eigenvalue weighted by molar-refractivity contribution is 7.13. The first-order chi connectivity index (χ1) is 10.1. The van der Waals surface area contributed by atoms with Gasteiger partial charge in [-0.1, -0.05) is 11.6 Å². The number of alkyl halides is 1. The Morgan fingerprint density at radius 3 is 2.76 bits per heavy atom. The molecule has 0 unspecified atom stereocenters. The van der Waals surface area contributed by atoms with E-state index in [4.69, 9.17) is 16.3 Å². The van der Waals surface area contributed by atoms with Gasteiger partial charge >= 0.3 is 0 Å². The molecule has 108 valence electrons. The van der Waals surface area contributed by atoms with Crippen molar-refractivity contribution >= 4 is 33.8 Å². The molecule has 0 bridgehead atoms. The number of fused-ring (bicyclic) bond motifs is 1. The minimum absolute atomic E-state index is 0.433. The Hall–Kier alpha value is -1.72. The molecule has 0 saturated carbocycles. The molecule has 3 rings (SSSR count). The van der Waals surface area contributed by atoms with Crippen LogP contribution in [-0.2, 0) is 6.67 Å². The number of thiazole rings is 1. The van der Waals surface area contributed by atoms with E-state index in [2.05, 4.69) is 9.97 Å². The highest BCUT2D eigenvalue weighted by atomic mass is 35.5. The summed E-state index contributed by atoms with van der Waals surface area (Å²) >= 11 is 7.54. The number of benzene rings is 1. The second-order valence-corrected chi connectivity index (χ2v) is 5.87. The molecule has 0 N–H and O–H groups in total. The Bertz CT molecular complexity index is 819. The first-order valence-corrected chi connectivity index (χ1v) is 7.53. The Labute approximate surface area is 130 Å². The van der Waals surface area contributed by atoms with Gasteiger partial charge in [0.15, 0.2) is 0 Å². The van der Waals surface area contributed by atoms with Gasteiger partial charge in [0.25, 0.3) is 0 Å². The zero-order valence-corrected chi connectivity index (χ0v) is 13.1. The summed E-state index contributed by atoms with van der Waals surface area (Å²) in [5.74, 6) is 0.621. The first-order valence-electron chi connectivity index (χ1n) is 6.28. The minimum atomic E-state index is -0.563. The van der Waals surface area contributed by atoms with Crippen LogP contribution >= 0.6 is 22.9 Å². The predicted octanol–water partition coefficient (Wildman–Crippen LogP) is 4.80. The largest absolute Gasteiger partial charge is 0.495 e. The van der Waals surface area contributed by atoms with Crippen molar-refractivity contribution in [1.82, 2.24) is 9.97 Å². The van der Waals surface area contributed by atoms with E-state index < -0.39 is 6.67 Å². The van der Waals surface area contributed by atoms with Gasteiger partial charge in [-0.25, -0.2) is 14.4 Å². The quantitative estimate of drug-likeness (QED) is 0.695. The van der Waals surface area contributed by atoms with Crippen LogP contribution in [-0.4, -0.2) is 17.1 Å². The van der Waals surface area contributed by atoms with Crippen LogP contribution < -0.4 is 4.74 Å². The number of nitrogens with zero attached hydrogens (tertiary/aromatic N) is 2. The maximum atomic E-state index is 12.6. The number of ether oxygens (including phenoxy) is 1. The van der Waals surface area contributed by atoms with Crippen LogP contribution in [0.1, 0.15) is 11.3 Å². The molecule has 2 aromatic heterocycles. The van der Waals surface area contributed by atoms with Crippen molar-refractivity contribution in [2.75, 3.05) is 7.11 Å².